The number of hydrogen-bond acceptors (Lipinski definition) is 5. The number of amides is 3. The van der Waals surface area contributed by atoms with E-state index in [1.165, 1.54) is 13.1 Å². The number of nitrogens with zero attached hydrogens (tertiary/aromatic N) is 2. The summed E-state index contributed by atoms with van der Waals surface area (Å²) in [5.74, 6) is 0.428. The molecule has 0 fully saturated rings. The Bertz CT molecular complexity index is 969. The highest BCUT2D eigenvalue weighted by Crippen LogP contribution is 2.33. The van der Waals surface area contributed by atoms with Crippen molar-refractivity contribution in [3.63, 3.8) is 0 Å². The molecule has 0 radical (unpaired) electrons. The van der Waals surface area contributed by atoms with Gasteiger partial charge in [0.05, 0.1) is 11.1 Å². The lowest BCUT2D eigenvalue weighted by atomic mass is 10.0. The average molecular weight is 366 g/mol. The van der Waals surface area contributed by atoms with E-state index in [0.29, 0.717) is 35.7 Å². The third kappa shape index (κ3) is 2.81. The first-order valence-electron chi connectivity index (χ1n) is 8.64. The summed E-state index contributed by atoms with van der Waals surface area (Å²) >= 11 is 0. The predicted molar refractivity (Wildman–Crippen MR) is 95.8 cm³/mol. The molecule has 0 saturated heterocycles. The first-order valence-corrected chi connectivity index (χ1v) is 8.64. The van der Waals surface area contributed by atoms with Crippen LogP contribution in [0.4, 0.5) is 0 Å². The molecule has 7 heteroatoms. The summed E-state index contributed by atoms with van der Waals surface area (Å²) in [5, 5.41) is 0. The number of rotatable bonds is 4. The molecule has 0 spiro atoms. The lowest BCUT2D eigenvalue weighted by Gasteiger charge is -2.21. The highest BCUT2D eigenvalue weighted by molar-refractivity contribution is 6.21. The van der Waals surface area contributed by atoms with Gasteiger partial charge in [-0.3, -0.25) is 19.3 Å². The van der Waals surface area contributed by atoms with Gasteiger partial charge in [-0.15, -0.1) is 0 Å². The van der Waals surface area contributed by atoms with E-state index in [9.17, 15) is 14.4 Å². The fourth-order valence-corrected chi connectivity index (χ4v) is 3.26. The number of carbonyl (C=O) groups excluding carboxylic acids is 3. The third-order valence-corrected chi connectivity index (χ3v) is 4.82. The molecule has 0 bridgehead atoms. The number of imide groups is 1. The van der Waals surface area contributed by atoms with Crippen LogP contribution in [0.1, 0.15) is 43.6 Å². The van der Waals surface area contributed by atoms with Crippen LogP contribution >= 0.6 is 0 Å². The van der Waals surface area contributed by atoms with Crippen LogP contribution in [0.3, 0.4) is 0 Å². The maximum Gasteiger partial charge on any atom is 0.261 e. The van der Waals surface area contributed by atoms with Gasteiger partial charge >= 0.3 is 0 Å². The molecule has 2 aromatic carbocycles. The zero-order valence-electron chi connectivity index (χ0n) is 15.0. The molecule has 4 rings (SSSR count). The van der Waals surface area contributed by atoms with Gasteiger partial charge in [-0.1, -0.05) is 6.07 Å². The SMILES string of the molecule is CCN(Cc1ccc2c(c1)OCO2)C(=O)c1ccc2c(c1)C(=O)N(C)C2=O. The molecule has 7 nitrogen and oxygen atoms in total. The second kappa shape index (κ2) is 6.42. The van der Waals surface area contributed by atoms with Crippen LogP contribution in [0, 0.1) is 0 Å². The van der Waals surface area contributed by atoms with Gasteiger partial charge in [0.25, 0.3) is 17.7 Å². The molecule has 138 valence electrons. The Labute approximate surface area is 156 Å². The number of carbonyl (C=O) groups is 3. The molecule has 2 aliphatic heterocycles. The van der Waals surface area contributed by atoms with Crippen molar-refractivity contribution in [2.24, 2.45) is 0 Å². The topological polar surface area (TPSA) is 76.2 Å². The summed E-state index contributed by atoms with van der Waals surface area (Å²) in [7, 11) is 1.43. The molecule has 2 heterocycles. The van der Waals surface area contributed by atoms with Gasteiger partial charge in [0.1, 0.15) is 0 Å². The van der Waals surface area contributed by atoms with Gasteiger partial charge in [-0.25, -0.2) is 0 Å². The van der Waals surface area contributed by atoms with E-state index in [2.05, 4.69) is 0 Å². The Morgan fingerprint density at radius 3 is 2.56 bits per heavy atom. The van der Waals surface area contributed by atoms with E-state index < -0.39 is 0 Å². The number of hydrogen-bond donors (Lipinski definition) is 0. The molecular formula is C20H18N2O5. The van der Waals surface area contributed by atoms with E-state index in [-0.39, 0.29) is 30.1 Å². The maximum atomic E-state index is 12.9. The van der Waals surface area contributed by atoms with Crippen LogP contribution in [0.5, 0.6) is 11.5 Å². The van der Waals surface area contributed by atoms with E-state index in [4.69, 9.17) is 9.47 Å². The lowest BCUT2D eigenvalue weighted by molar-refractivity contribution is 0.0692. The molecule has 0 aromatic heterocycles. The predicted octanol–water partition coefficient (Wildman–Crippen LogP) is 2.30. The first-order chi connectivity index (χ1) is 13.0. The maximum absolute atomic E-state index is 12.9. The van der Waals surface area contributed by atoms with Crippen molar-refractivity contribution >= 4 is 17.7 Å². The Balaban J connectivity index is 1.58. The van der Waals surface area contributed by atoms with E-state index in [0.717, 1.165) is 10.5 Å². The van der Waals surface area contributed by atoms with Crippen molar-refractivity contribution in [1.82, 2.24) is 9.80 Å². The molecule has 0 saturated carbocycles. The zero-order chi connectivity index (χ0) is 19.1. The molecule has 0 aliphatic carbocycles. The minimum Gasteiger partial charge on any atom is -0.454 e. The van der Waals surface area contributed by atoms with Crippen LogP contribution < -0.4 is 9.47 Å². The van der Waals surface area contributed by atoms with E-state index in [1.54, 1.807) is 17.0 Å². The van der Waals surface area contributed by atoms with Gasteiger partial charge in [-0.05, 0) is 42.8 Å². The molecule has 2 aromatic rings. The second-order valence-corrected chi connectivity index (χ2v) is 6.44. The monoisotopic (exact) mass is 366 g/mol. The summed E-state index contributed by atoms with van der Waals surface area (Å²) < 4.78 is 10.7. The van der Waals surface area contributed by atoms with Crippen molar-refractivity contribution in [3.8, 4) is 11.5 Å². The van der Waals surface area contributed by atoms with Crippen LogP contribution in [-0.2, 0) is 6.54 Å². The quantitative estimate of drug-likeness (QED) is 0.776. The van der Waals surface area contributed by atoms with Crippen molar-refractivity contribution < 1.29 is 23.9 Å². The Morgan fingerprint density at radius 2 is 1.78 bits per heavy atom. The van der Waals surface area contributed by atoms with Crippen molar-refractivity contribution in [3.05, 3.63) is 58.7 Å². The van der Waals surface area contributed by atoms with Crippen molar-refractivity contribution in [1.29, 1.82) is 0 Å². The normalized spacial score (nSPS) is 14.5. The summed E-state index contributed by atoms with van der Waals surface area (Å²) in [5.41, 5.74) is 1.90. The van der Waals surface area contributed by atoms with Crippen molar-refractivity contribution in [2.45, 2.75) is 13.5 Å². The Hall–Kier alpha value is -3.35. The molecule has 0 atom stereocenters. The van der Waals surface area contributed by atoms with Crippen LogP contribution in [0.15, 0.2) is 36.4 Å². The number of ether oxygens (including phenoxy) is 2. The van der Waals surface area contributed by atoms with Gasteiger partial charge in [0.15, 0.2) is 11.5 Å². The number of fused-ring (bicyclic) bond motifs is 2. The average Bonchev–Trinajstić information content (AvgIpc) is 3.24. The number of benzene rings is 2. The summed E-state index contributed by atoms with van der Waals surface area (Å²) in [4.78, 5) is 39.8. The molecule has 3 amide bonds. The Kier molecular flexibility index (Phi) is 4.07. The third-order valence-electron chi connectivity index (χ3n) is 4.82. The summed E-state index contributed by atoms with van der Waals surface area (Å²) in [6, 6.07) is 10.2. The fourth-order valence-electron chi connectivity index (χ4n) is 3.26. The second-order valence-electron chi connectivity index (χ2n) is 6.44. The molecule has 27 heavy (non-hydrogen) atoms. The van der Waals surface area contributed by atoms with E-state index >= 15 is 0 Å². The first kappa shape index (κ1) is 17.1. The minimum absolute atomic E-state index is 0.200. The molecule has 0 unspecified atom stereocenters. The Morgan fingerprint density at radius 1 is 1.04 bits per heavy atom. The zero-order valence-corrected chi connectivity index (χ0v) is 15.0. The van der Waals surface area contributed by atoms with Gasteiger partial charge in [-0.2, -0.15) is 0 Å². The van der Waals surface area contributed by atoms with Crippen LogP contribution in [0.2, 0.25) is 0 Å². The van der Waals surface area contributed by atoms with Gasteiger partial charge < -0.3 is 14.4 Å². The smallest absolute Gasteiger partial charge is 0.261 e. The highest BCUT2D eigenvalue weighted by atomic mass is 16.7. The van der Waals surface area contributed by atoms with Gasteiger partial charge in [0.2, 0.25) is 6.79 Å². The standard InChI is InChI=1S/C20H18N2O5/c1-3-22(10-12-4-7-16-17(8-12)27-11-26-16)18(23)13-5-6-14-15(9-13)20(25)21(2)19(14)24/h4-9H,3,10-11H2,1-2H3. The van der Waals surface area contributed by atoms with E-state index in [1.807, 2.05) is 25.1 Å². The minimum atomic E-state index is -0.386. The van der Waals surface area contributed by atoms with Crippen molar-refractivity contribution in [2.75, 3.05) is 20.4 Å². The lowest BCUT2D eigenvalue weighted by Crippen LogP contribution is -2.30. The fraction of sp³-hybridized carbons (Fsp3) is 0.250. The van der Waals surface area contributed by atoms with Crippen LogP contribution in [-0.4, -0.2) is 47.9 Å². The summed E-state index contributed by atoms with van der Waals surface area (Å²) in [6.45, 7) is 2.99. The molecular weight excluding hydrogens is 348 g/mol. The molecule has 2 aliphatic rings. The summed E-state index contributed by atoms with van der Waals surface area (Å²) in [6.07, 6.45) is 0. The van der Waals surface area contributed by atoms with Crippen LogP contribution in [0.25, 0.3) is 0 Å². The largest absolute Gasteiger partial charge is 0.454 e. The highest BCUT2D eigenvalue weighted by Gasteiger charge is 2.33. The molecule has 0 N–H and O–H groups in total. The van der Waals surface area contributed by atoms with Gasteiger partial charge in [0, 0.05) is 25.7 Å².